The van der Waals surface area contributed by atoms with Crippen molar-refractivity contribution in [1.29, 1.82) is 0 Å². The second-order valence-corrected chi connectivity index (χ2v) is 13.5. The lowest BCUT2D eigenvalue weighted by Gasteiger charge is -2.15. The maximum Gasteiger partial charge on any atom is 0.338 e. The van der Waals surface area contributed by atoms with Crippen LogP contribution in [0.4, 0.5) is 0 Å². The number of aryl methyl sites for hydroxylation is 1. The molecule has 2 rings (SSSR count). The number of rotatable bonds is 6. The molecular weight excluding hydrogens is 423 g/mol. The first-order valence-electron chi connectivity index (χ1n) is 7.55. The van der Waals surface area contributed by atoms with Crippen molar-refractivity contribution in [3.05, 3.63) is 27.0 Å². The SMILES string of the molecule is COC(=O)c1cc2c(I)nn(COCC[Si](C)(C)C)c2cc1C. The fourth-order valence-electron chi connectivity index (χ4n) is 2.24. The minimum atomic E-state index is -1.08. The molecule has 0 aliphatic carbocycles. The number of aromatic nitrogens is 2. The predicted octanol–water partition coefficient (Wildman–Crippen LogP) is 4.05. The normalized spacial score (nSPS) is 11.9. The van der Waals surface area contributed by atoms with Crippen LogP contribution in [0.5, 0.6) is 0 Å². The van der Waals surface area contributed by atoms with E-state index >= 15 is 0 Å². The molecule has 23 heavy (non-hydrogen) atoms. The molecule has 1 aromatic carbocycles. The Morgan fingerprint density at radius 3 is 2.65 bits per heavy atom. The number of carbonyl (C=O) groups excluding carboxylic acids is 1. The molecule has 0 N–H and O–H groups in total. The highest BCUT2D eigenvalue weighted by molar-refractivity contribution is 14.1. The van der Waals surface area contributed by atoms with Crippen molar-refractivity contribution in [2.75, 3.05) is 13.7 Å². The van der Waals surface area contributed by atoms with E-state index in [0.29, 0.717) is 12.3 Å². The molecule has 0 aliphatic heterocycles. The zero-order valence-corrected chi connectivity index (χ0v) is 17.4. The molecule has 0 fully saturated rings. The van der Waals surface area contributed by atoms with Gasteiger partial charge in [0.15, 0.2) is 0 Å². The molecule has 0 atom stereocenters. The Morgan fingerprint density at radius 1 is 1.35 bits per heavy atom. The third-order valence-electron chi connectivity index (χ3n) is 3.67. The molecule has 1 aromatic heterocycles. The lowest BCUT2D eigenvalue weighted by atomic mass is 10.1. The van der Waals surface area contributed by atoms with Gasteiger partial charge in [-0.15, -0.1) is 0 Å². The van der Waals surface area contributed by atoms with Crippen molar-refractivity contribution in [3.63, 3.8) is 0 Å². The lowest BCUT2D eigenvalue weighted by molar-refractivity contribution is 0.0600. The van der Waals surface area contributed by atoms with E-state index in [9.17, 15) is 4.79 Å². The van der Waals surface area contributed by atoms with Crippen LogP contribution in [0.1, 0.15) is 15.9 Å². The van der Waals surface area contributed by atoms with Crippen molar-refractivity contribution in [1.82, 2.24) is 9.78 Å². The van der Waals surface area contributed by atoms with Crippen molar-refractivity contribution < 1.29 is 14.3 Å². The smallest absolute Gasteiger partial charge is 0.338 e. The number of hydrogen-bond donors (Lipinski definition) is 0. The van der Waals surface area contributed by atoms with Gasteiger partial charge in [0.1, 0.15) is 10.4 Å². The molecule has 0 radical (unpaired) electrons. The van der Waals surface area contributed by atoms with Crippen molar-refractivity contribution in [3.8, 4) is 0 Å². The third kappa shape index (κ3) is 4.54. The molecule has 0 amide bonds. The number of halogens is 1. The Labute approximate surface area is 151 Å². The summed E-state index contributed by atoms with van der Waals surface area (Å²) in [6.45, 7) is 10.1. The maximum atomic E-state index is 11.8. The van der Waals surface area contributed by atoms with Crippen LogP contribution in [-0.2, 0) is 16.2 Å². The van der Waals surface area contributed by atoms with Crippen LogP contribution < -0.4 is 0 Å². The minimum absolute atomic E-state index is 0.320. The first-order chi connectivity index (χ1) is 10.7. The summed E-state index contributed by atoms with van der Waals surface area (Å²) in [6, 6.07) is 4.96. The topological polar surface area (TPSA) is 53.3 Å². The Morgan fingerprint density at radius 2 is 2.04 bits per heavy atom. The Hall–Kier alpha value is -0.933. The van der Waals surface area contributed by atoms with Gasteiger partial charge in [0, 0.05) is 20.1 Å². The maximum absolute atomic E-state index is 11.8. The van der Waals surface area contributed by atoms with Gasteiger partial charge in [0.2, 0.25) is 0 Å². The monoisotopic (exact) mass is 446 g/mol. The van der Waals surface area contributed by atoms with E-state index in [1.807, 2.05) is 23.7 Å². The predicted molar refractivity (Wildman–Crippen MR) is 103 cm³/mol. The zero-order chi connectivity index (χ0) is 17.2. The van der Waals surface area contributed by atoms with Crippen molar-refractivity contribution >= 4 is 47.5 Å². The van der Waals surface area contributed by atoms with Crippen LogP contribution in [0.2, 0.25) is 25.7 Å². The van der Waals surface area contributed by atoms with Crippen LogP contribution in [-0.4, -0.2) is 37.5 Å². The summed E-state index contributed by atoms with van der Waals surface area (Å²) in [4.78, 5) is 11.8. The highest BCUT2D eigenvalue weighted by Crippen LogP contribution is 2.25. The van der Waals surface area contributed by atoms with Gasteiger partial charge in [0.05, 0.1) is 18.2 Å². The van der Waals surface area contributed by atoms with Crippen LogP contribution in [0, 0.1) is 10.6 Å². The van der Waals surface area contributed by atoms with Crippen LogP contribution in [0.3, 0.4) is 0 Å². The Bertz CT molecular complexity index is 722. The van der Waals surface area contributed by atoms with Gasteiger partial charge < -0.3 is 9.47 Å². The van der Waals surface area contributed by atoms with Gasteiger partial charge in [-0.05, 0) is 53.3 Å². The highest BCUT2D eigenvalue weighted by Gasteiger charge is 2.16. The van der Waals surface area contributed by atoms with Crippen LogP contribution in [0.25, 0.3) is 10.9 Å². The molecule has 2 aromatic rings. The second-order valence-electron chi connectivity index (χ2n) is 6.81. The highest BCUT2D eigenvalue weighted by atomic mass is 127. The molecular formula is C16H23IN2O3Si. The number of methoxy groups -OCH3 is 1. The Kier molecular flexibility index (Phi) is 5.85. The van der Waals surface area contributed by atoms with E-state index in [1.54, 1.807) is 0 Å². The summed E-state index contributed by atoms with van der Waals surface area (Å²) in [5.74, 6) is -0.320. The van der Waals surface area contributed by atoms with Gasteiger partial charge in [-0.2, -0.15) is 5.10 Å². The largest absolute Gasteiger partial charge is 0.465 e. The fraction of sp³-hybridized carbons (Fsp3) is 0.500. The van der Waals surface area contributed by atoms with E-state index in [4.69, 9.17) is 9.47 Å². The molecule has 0 bridgehead atoms. The average Bonchev–Trinajstić information content (AvgIpc) is 2.77. The molecule has 126 valence electrons. The van der Waals surface area contributed by atoms with Crippen molar-refractivity contribution in [2.45, 2.75) is 39.3 Å². The minimum Gasteiger partial charge on any atom is -0.465 e. The molecule has 0 saturated carbocycles. The summed E-state index contributed by atoms with van der Waals surface area (Å²) in [6.07, 6.45) is 0. The van der Waals surface area contributed by atoms with Crippen molar-refractivity contribution in [2.24, 2.45) is 0 Å². The lowest BCUT2D eigenvalue weighted by Crippen LogP contribution is -2.22. The second kappa shape index (κ2) is 7.31. The number of ether oxygens (including phenoxy) is 2. The number of benzene rings is 1. The number of esters is 1. The average molecular weight is 446 g/mol. The van der Waals surface area contributed by atoms with E-state index in [0.717, 1.165) is 32.8 Å². The molecule has 1 heterocycles. The standard InChI is InChI=1S/C16H23IN2O3Si/c1-11-8-14-13(9-12(11)16(20)21-2)15(17)18-19(14)10-22-6-7-23(3,4)5/h8-9H,6-7,10H2,1-5H3. The summed E-state index contributed by atoms with van der Waals surface area (Å²) in [5, 5.41) is 5.48. The summed E-state index contributed by atoms with van der Waals surface area (Å²) < 4.78 is 13.3. The fourth-order valence-corrected chi connectivity index (χ4v) is 3.69. The van der Waals surface area contributed by atoms with Gasteiger partial charge in [-0.25, -0.2) is 9.48 Å². The van der Waals surface area contributed by atoms with Gasteiger partial charge >= 0.3 is 5.97 Å². The van der Waals surface area contributed by atoms with E-state index in [1.165, 1.54) is 7.11 Å². The molecule has 0 spiro atoms. The van der Waals surface area contributed by atoms with Gasteiger partial charge in [-0.3, -0.25) is 0 Å². The third-order valence-corrected chi connectivity index (χ3v) is 6.17. The van der Waals surface area contributed by atoms with E-state index < -0.39 is 8.07 Å². The number of fused-ring (bicyclic) bond motifs is 1. The van der Waals surface area contributed by atoms with Crippen LogP contribution in [0.15, 0.2) is 12.1 Å². The molecule has 5 nitrogen and oxygen atoms in total. The summed E-state index contributed by atoms with van der Waals surface area (Å²) in [7, 11) is 0.311. The van der Waals surface area contributed by atoms with Gasteiger partial charge in [0.25, 0.3) is 0 Å². The van der Waals surface area contributed by atoms with E-state index in [2.05, 4.69) is 47.3 Å². The first-order valence-corrected chi connectivity index (χ1v) is 12.3. The van der Waals surface area contributed by atoms with Gasteiger partial charge in [-0.1, -0.05) is 19.6 Å². The number of nitrogens with zero attached hydrogens (tertiary/aromatic N) is 2. The zero-order valence-electron chi connectivity index (χ0n) is 14.3. The van der Waals surface area contributed by atoms with E-state index in [-0.39, 0.29) is 5.97 Å². The number of hydrogen-bond acceptors (Lipinski definition) is 4. The quantitative estimate of drug-likeness (QED) is 0.291. The number of carbonyl (C=O) groups is 1. The first kappa shape index (κ1) is 18.4. The molecule has 7 heteroatoms. The summed E-state index contributed by atoms with van der Waals surface area (Å²) >= 11 is 2.18. The Balaban J connectivity index is 2.22. The molecule has 0 saturated heterocycles. The molecule has 0 unspecified atom stereocenters. The summed E-state index contributed by atoms with van der Waals surface area (Å²) in [5.41, 5.74) is 2.44. The molecule has 0 aliphatic rings. The van der Waals surface area contributed by atoms with Crippen LogP contribution >= 0.6 is 22.6 Å².